The highest BCUT2D eigenvalue weighted by Gasteiger charge is 2.43. The molecule has 1 heterocycles. The molecule has 0 aromatic rings. The summed E-state index contributed by atoms with van der Waals surface area (Å²) in [4.78, 5) is 0. The predicted octanol–water partition coefficient (Wildman–Crippen LogP) is 0.651. The molecule has 2 rings (SSSR count). The Balaban J connectivity index is 1.79. The van der Waals surface area contributed by atoms with E-state index in [1.807, 2.05) is 0 Å². The zero-order chi connectivity index (χ0) is 6.97. The van der Waals surface area contributed by atoms with Crippen LogP contribution in [0.5, 0.6) is 0 Å². The third kappa shape index (κ3) is 1.06. The molecule has 1 aliphatic carbocycles. The second-order valence-corrected chi connectivity index (χ2v) is 3.47. The number of ether oxygens (including phenoxy) is 1. The molecular weight excluding hydrogens is 128 g/mol. The van der Waals surface area contributed by atoms with Gasteiger partial charge in [-0.25, -0.2) is 0 Å². The van der Waals surface area contributed by atoms with E-state index in [-0.39, 0.29) is 0 Å². The van der Waals surface area contributed by atoms with Crippen LogP contribution in [0.4, 0.5) is 0 Å². The highest BCUT2D eigenvalue weighted by Crippen LogP contribution is 2.46. The van der Waals surface area contributed by atoms with Crippen molar-refractivity contribution in [2.75, 3.05) is 19.8 Å². The Hall–Kier alpha value is -0.0800. The summed E-state index contributed by atoms with van der Waals surface area (Å²) in [6, 6.07) is 0. The molecule has 0 aromatic heterocycles. The Bertz CT molecular complexity index is 118. The molecule has 1 saturated heterocycles. The Morgan fingerprint density at radius 1 is 1.50 bits per heavy atom. The summed E-state index contributed by atoms with van der Waals surface area (Å²) < 4.78 is 5.27. The van der Waals surface area contributed by atoms with E-state index in [2.05, 4.69) is 0 Å². The summed E-state index contributed by atoms with van der Waals surface area (Å²) in [5, 5.41) is 8.80. The lowest BCUT2D eigenvalue weighted by atomic mass is 10.0. The van der Waals surface area contributed by atoms with Crippen LogP contribution in [-0.2, 0) is 4.74 Å². The first kappa shape index (κ1) is 6.62. The van der Waals surface area contributed by atoms with E-state index in [0.29, 0.717) is 12.5 Å². The number of hydrogen-bond donors (Lipinski definition) is 1. The zero-order valence-electron chi connectivity index (χ0n) is 6.12. The summed E-state index contributed by atoms with van der Waals surface area (Å²) in [5.41, 5.74) is 0. The predicted molar refractivity (Wildman–Crippen MR) is 37.6 cm³/mol. The first-order chi connectivity index (χ1) is 4.92. The third-order valence-electron chi connectivity index (χ3n) is 2.78. The van der Waals surface area contributed by atoms with E-state index in [1.54, 1.807) is 0 Å². The molecule has 0 radical (unpaired) electrons. The van der Waals surface area contributed by atoms with Crippen molar-refractivity contribution in [3.63, 3.8) is 0 Å². The Kier molecular flexibility index (Phi) is 1.66. The molecule has 1 saturated carbocycles. The van der Waals surface area contributed by atoms with Crippen LogP contribution in [0.25, 0.3) is 0 Å². The van der Waals surface area contributed by atoms with E-state index in [1.165, 1.54) is 12.8 Å². The average Bonchev–Trinajstić information content (AvgIpc) is 2.56. The van der Waals surface area contributed by atoms with Crippen molar-refractivity contribution in [3.8, 4) is 0 Å². The van der Waals surface area contributed by atoms with Gasteiger partial charge in [-0.15, -0.1) is 0 Å². The fourth-order valence-electron chi connectivity index (χ4n) is 1.95. The van der Waals surface area contributed by atoms with Crippen molar-refractivity contribution in [1.82, 2.24) is 0 Å². The van der Waals surface area contributed by atoms with E-state index in [9.17, 15) is 0 Å². The molecule has 0 unspecified atom stereocenters. The van der Waals surface area contributed by atoms with Crippen LogP contribution in [0.1, 0.15) is 12.8 Å². The smallest absolute Gasteiger partial charge is 0.0497 e. The fourth-order valence-corrected chi connectivity index (χ4v) is 1.95. The summed E-state index contributed by atoms with van der Waals surface area (Å²) >= 11 is 0. The number of aliphatic hydroxyl groups excluding tert-OH is 1. The van der Waals surface area contributed by atoms with E-state index < -0.39 is 0 Å². The minimum absolute atomic E-state index is 0.390. The molecule has 10 heavy (non-hydrogen) atoms. The van der Waals surface area contributed by atoms with Crippen molar-refractivity contribution in [2.24, 2.45) is 17.8 Å². The van der Waals surface area contributed by atoms with Gasteiger partial charge in [-0.3, -0.25) is 0 Å². The van der Waals surface area contributed by atoms with Crippen LogP contribution < -0.4 is 0 Å². The largest absolute Gasteiger partial charge is 0.396 e. The lowest BCUT2D eigenvalue weighted by molar-refractivity contribution is 0.178. The third-order valence-corrected chi connectivity index (χ3v) is 2.78. The summed E-state index contributed by atoms with van der Waals surface area (Å²) in [5.74, 6) is 2.19. The van der Waals surface area contributed by atoms with Crippen molar-refractivity contribution < 1.29 is 9.84 Å². The molecule has 0 bridgehead atoms. The standard InChI is InChI=1S/C8H14O2/c9-4-7-3-8(7)6-1-2-10-5-6/h6-9H,1-5H2/t6-,7+,8-/m1/s1. The van der Waals surface area contributed by atoms with Gasteiger partial charge in [-0.05, 0) is 30.6 Å². The number of hydrogen-bond acceptors (Lipinski definition) is 2. The topological polar surface area (TPSA) is 29.5 Å². The van der Waals surface area contributed by atoms with Crippen LogP contribution in [0.2, 0.25) is 0 Å². The quantitative estimate of drug-likeness (QED) is 0.613. The molecule has 2 heteroatoms. The van der Waals surface area contributed by atoms with Crippen molar-refractivity contribution >= 4 is 0 Å². The second-order valence-electron chi connectivity index (χ2n) is 3.47. The van der Waals surface area contributed by atoms with Gasteiger partial charge in [0.25, 0.3) is 0 Å². The molecule has 1 aliphatic heterocycles. The SMILES string of the molecule is OC[C@@H]1C[C@@H]1[C@@H]1CCOC1. The van der Waals surface area contributed by atoms with Gasteiger partial charge in [0.15, 0.2) is 0 Å². The normalized spacial score (nSPS) is 45.9. The van der Waals surface area contributed by atoms with E-state index in [0.717, 1.165) is 25.0 Å². The van der Waals surface area contributed by atoms with Gasteiger partial charge in [0.05, 0.1) is 0 Å². The molecule has 2 fully saturated rings. The fraction of sp³-hybridized carbons (Fsp3) is 1.00. The van der Waals surface area contributed by atoms with Crippen LogP contribution in [-0.4, -0.2) is 24.9 Å². The van der Waals surface area contributed by atoms with E-state index >= 15 is 0 Å². The molecule has 58 valence electrons. The van der Waals surface area contributed by atoms with Gasteiger partial charge in [0.2, 0.25) is 0 Å². The monoisotopic (exact) mass is 142 g/mol. The molecule has 1 N–H and O–H groups in total. The van der Waals surface area contributed by atoms with Crippen LogP contribution in [0.15, 0.2) is 0 Å². The Labute approximate surface area is 61.2 Å². The van der Waals surface area contributed by atoms with Gasteiger partial charge in [-0.1, -0.05) is 0 Å². The first-order valence-electron chi connectivity index (χ1n) is 4.10. The van der Waals surface area contributed by atoms with Crippen molar-refractivity contribution in [3.05, 3.63) is 0 Å². The average molecular weight is 142 g/mol. The molecule has 2 aliphatic rings. The Morgan fingerprint density at radius 2 is 2.40 bits per heavy atom. The zero-order valence-corrected chi connectivity index (χ0v) is 6.12. The molecule has 0 amide bonds. The van der Waals surface area contributed by atoms with Gasteiger partial charge in [-0.2, -0.15) is 0 Å². The maximum Gasteiger partial charge on any atom is 0.0497 e. The minimum Gasteiger partial charge on any atom is -0.396 e. The van der Waals surface area contributed by atoms with Crippen molar-refractivity contribution in [1.29, 1.82) is 0 Å². The van der Waals surface area contributed by atoms with Crippen LogP contribution in [0, 0.1) is 17.8 Å². The lowest BCUT2D eigenvalue weighted by Gasteiger charge is -2.03. The van der Waals surface area contributed by atoms with Gasteiger partial charge < -0.3 is 9.84 Å². The summed E-state index contributed by atoms with van der Waals surface area (Å²) in [7, 11) is 0. The molecule has 0 aromatic carbocycles. The number of rotatable bonds is 2. The molecule has 2 nitrogen and oxygen atoms in total. The molecule has 0 spiro atoms. The Morgan fingerprint density at radius 3 is 2.90 bits per heavy atom. The summed E-state index contributed by atoms with van der Waals surface area (Å²) in [6.07, 6.45) is 2.46. The molecule has 3 atom stereocenters. The molecular formula is C8H14O2. The number of aliphatic hydroxyl groups is 1. The maximum atomic E-state index is 8.80. The van der Waals surface area contributed by atoms with Crippen LogP contribution >= 0.6 is 0 Å². The minimum atomic E-state index is 0.390. The first-order valence-corrected chi connectivity index (χ1v) is 4.10. The van der Waals surface area contributed by atoms with Gasteiger partial charge in [0.1, 0.15) is 0 Å². The maximum absolute atomic E-state index is 8.80. The lowest BCUT2D eigenvalue weighted by Crippen LogP contribution is -2.04. The van der Waals surface area contributed by atoms with E-state index in [4.69, 9.17) is 9.84 Å². The second kappa shape index (κ2) is 2.51. The summed E-state index contributed by atoms with van der Waals surface area (Å²) in [6.45, 7) is 2.28. The van der Waals surface area contributed by atoms with Crippen molar-refractivity contribution in [2.45, 2.75) is 12.8 Å². The highest BCUT2D eigenvalue weighted by molar-refractivity contribution is 4.91. The highest BCUT2D eigenvalue weighted by atomic mass is 16.5. The van der Waals surface area contributed by atoms with Crippen LogP contribution in [0.3, 0.4) is 0 Å². The van der Waals surface area contributed by atoms with Gasteiger partial charge in [0, 0.05) is 19.8 Å². The van der Waals surface area contributed by atoms with Gasteiger partial charge >= 0.3 is 0 Å².